The fraction of sp³-hybridized carbons (Fsp3) is 0.231. The van der Waals surface area contributed by atoms with E-state index in [1.54, 1.807) is 0 Å². The fourth-order valence-electron chi connectivity index (χ4n) is 4.12. The van der Waals surface area contributed by atoms with Crippen molar-refractivity contribution in [1.29, 1.82) is 0 Å². The quantitative estimate of drug-likeness (QED) is 0.509. The summed E-state index contributed by atoms with van der Waals surface area (Å²) in [4.78, 5) is 19.8. The molecule has 0 saturated carbocycles. The number of amides is 1. The average Bonchev–Trinajstić information content (AvgIpc) is 3.22. The first-order valence-electron chi connectivity index (χ1n) is 11.0. The Bertz CT molecular complexity index is 1200. The normalized spacial score (nSPS) is 13.9. The Hall–Kier alpha value is -3.64. The van der Waals surface area contributed by atoms with Crippen molar-refractivity contribution >= 4 is 22.6 Å². The number of rotatable bonds is 6. The zero-order chi connectivity index (χ0) is 21.8. The van der Waals surface area contributed by atoms with Crippen LogP contribution >= 0.6 is 0 Å². The summed E-state index contributed by atoms with van der Waals surface area (Å²) in [5, 5.41) is 4.02. The molecule has 5 rings (SSSR count). The topological polar surface area (TPSA) is 59.4 Å². The second-order valence-electron chi connectivity index (χ2n) is 7.98. The van der Waals surface area contributed by atoms with E-state index in [2.05, 4.69) is 38.0 Å². The molecule has 1 aliphatic heterocycles. The molecular formula is C26H26N4O2. The number of hydrogen-bond acceptors (Lipinski definition) is 4. The number of carbonyl (C=O) groups excluding carboxylic acids is 1. The molecule has 2 aromatic carbocycles. The number of para-hydroxylation sites is 1. The molecule has 1 saturated heterocycles. The first kappa shape index (κ1) is 20.3. The van der Waals surface area contributed by atoms with Crippen LogP contribution in [-0.2, 0) is 17.8 Å². The molecule has 0 aliphatic carbocycles. The SMILES string of the molecule is O=C(NCc1ccc(N2CCOCC2)nc1)c1cn(Cc2ccccc2)c2ccccc12. The molecule has 1 fully saturated rings. The van der Waals surface area contributed by atoms with E-state index in [9.17, 15) is 4.79 Å². The van der Waals surface area contributed by atoms with Gasteiger partial charge in [-0.3, -0.25) is 4.79 Å². The van der Waals surface area contributed by atoms with Crippen molar-refractivity contribution in [2.45, 2.75) is 13.1 Å². The average molecular weight is 427 g/mol. The summed E-state index contributed by atoms with van der Waals surface area (Å²) in [5.74, 6) is 0.873. The molecular weight excluding hydrogens is 400 g/mol. The van der Waals surface area contributed by atoms with Crippen LogP contribution in [0.3, 0.4) is 0 Å². The molecule has 0 unspecified atom stereocenters. The lowest BCUT2D eigenvalue weighted by Gasteiger charge is -2.27. The van der Waals surface area contributed by atoms with E-state index in [1.807, 2.05) is 60.9 Å². The van der Waals surface area contributed by atoms with Crippen molar-refractivity contribution in [3.63, 3.8) is 0 Å². The number of nitrogens with zero attached hydrogens (tertiary/aromatic N) is 3. The number of pyridine rings is 1. The third kappa shape index (κ3) is 4.36. The van der Waals surface area contributed by atoms with Gasteiger partial charge in [-0.15, -0.1) is 0 Å². The predicted molar refractivity (Wildman–Crippen MR) is 126 cm³/mol. The summed E-state index contributed by atoms with van der Waals surface area (Å²) in [6, 6.07) is 22.4. The number of morpholine rings is 1. The first-order chi connectivity index (χ1) is 15.8. The van der Waals surface area contributed by atoms with Crippen LogP contribution in [0.4, 0.5) is 5.82 Å². The summed E-state index contributed by atoms with van der Waals surface area (Å²) in [6.45, 7) is 4.34. The van der Waals surface area contributed by atoms with Crippen LogP contribution < -0.4 is 10.2 Å². The molecule has 32 heavy (non-hydrogen) atoms. The second kappa shape index (κ2) is 9.24. The minimum atomic E-state index is -0.0785. The number of carbonyl (C=O) groups is 1. The van der Waals surface area contributed by atoms with Crippen molar-refractivity contribution in [3.8, 4) is 0 Å². The molecule has 4 aromatic rings. The molecule has 1 aliphatic rings. The zero-order valence-electron chi connectivity index (χ0n) is 17.9. The van der Waals surface area contributed by atoms with Crippen molar-refractivity contribution in [1.82, 2.24) is 14.9 Å². The monoisotopic (exact) mass is 426 g/mol. The summed E-state index contributed by atoms with van der Waals surface area (Å²) in [5.41, 5.74) is 3.92. The smallest absolute Gasteiger partial charge is 0.253 e. The molecule has 3 heterocycles. The van der Waals surface area contributed by atoms with E-state index in [4.69, 9.17) is 4.74 Å². The number of ether oxygens (including phenoxy) is 1. The molecule has 0 bridgehead atoms. The molecule has 2 aromatic heterocycles. The molecule has 6 heteroatoms. The van der Waals surface area contributed by atoms with E-state index >= 15 is 0 Å². The second-order valence-corrected chi connectivity index (χ2v) is 7.98. The van der Waals surface area contributed by atoms with Crippen molar-refractivity contribution in [2.24, 2.45) is 0 Å². The highest BCUT2D eigenvalue weighted by Gasteiger charge is 2.16. The number of fused-ring (bicyclic) bond motifs is 1. The molecule has 1 amide bonds. The van der Waals surface area contributed by atoms with E-state index in [1.165, 1.54) is 5.56 Å². The van der Waals surface area contributed by atoms with Crippen LogP contribution in [0.2, 0.25) is 0 Å². The van der Waals surface area contributed by atoms with Gasteiger partial charge in [-0.25, -0.2) is 4.98 Å². The Balaban J connectivity index is 1.29. The van der Waals surface area contributed by atoms with Gasteiger partial charge in [0.1, 0.15) is 5.82 Å². The summed E-state index contributed by atoms with van der Waals surface area (Å²) >= 11 is 0. The standard InChI is InChI=1S/C26H26N4O2/c31-26(28-17-21-10-11-25(27-16-21)29-12-14-32-15-13-29)23-19-30(18-20-6-2-1-3-7-20)24-9-5-4-8-22(23)24/h1-11,16,19H,12-15,17-18H2,(H,28,31). The number of nitrogens with one attached hydrogen (secondary N) is 1. The Morgan fingerprint density at radius 1 is 0.938 bits per heavy atom. The van der Waals surface area contributed by atoms with Crippen molar-refractivity contribution < 1.29 is 9.53 Å². The lowest BCUT2D eigenvalue weighted by atomic mass is 10.1. The van der Waals surface area contributed by atoms with E-state index in [0.29, 0.717) is 12.1 Å². The third-order valence-electron chi connectivity index (χ3n) is 5.83. The molecule has 0 atom stereocenters. The molecule has 0 spiro atoms. The molecule has 6 nitrogen and oxygen atoms in total. The molecule has 1 N–H and O–H groups in total. The fourth-order valence-corrected chi connectivity index (χ4v) is 4.12. The van der Waals surface area contributed by atoms with Gasteiger partial charge in [-0.2, -0.15) is 0 Å². The lowest BCUT2D eigenvalue weighted by Crippen LogP contribution is -2.36. The van der Waals surface area contributed by atoms with Gasteiger partial charge in [0.25, 0.3) is 5.91 Å². The zero-order valence-corrected chi connectivity index (χ0v) is 17.9. The number of benzene rings is 2. The maximum atomic E-state index is 13.0. The maximum Gasteiger partial charge on any atom is 0.253 e. The van der Waals surface area contributed by atoms with Crippen LogP contribution in [0.25, 0.3) is 10.9 Å². The van der Waals surface area contributed by atoms with Gasteiger partial charge >= 0.3 is 0 Å². The van der Waals surface area contributed by atoms with Gasteiger partial charge in [0.05, 0.1) is 18.8 Å². The van der Waals surface area contributed by atoms with Crippen LogP contribution in [-0.4, -0.2) is 41.8 Å². The third-order valence-corrected chi connectivity index (χ3v) is 5.83. The van der Waals surface area contributed by atoms with Crippen LogP contribution in [0.15, 0.2) is 79.1 Å². The highest BCUT2D eigenvalue weighted by molar-refractivity contribution is 6.07. The summed E-state index contributed by atoms with van der Waals surface area (Å²) in [7, 11) is 0. The van der Waals surface area contributed by atoms with Crippen molar-refractivity contribution in [2.75, 3.05) is 31.2 Å². The highest BCUT2D eigenvalue weighted by atomic mass is 16.5. The van der Waals surface area contributed by atoms with Gasteiger partial charge < -0.3 is 19.5 Å². The highest BCUT2D eigenvalue weighted by Crippen LogP contribution is 2.23. The van der Waals surface area contributed by atoms with E-state index in [-0.39, 0.29) is 5.91 Å². The van der Waals surface area contributed by atoms with Gasteiger partial charge in [0, 0.05) is 49.5 Å². The van der Waals surface area contributed by atoms with Gasteiger partial charge in [-0.1, -0.05) is 54.6 Å². The number of hydrogen-bond donors (Lipinski definition) is 1. The minimum Gasteiger partial charge on any atom is -0.378 e. The number of aromatic nitrogens is 2. The van der Waals surface area contributed by atoms with E-state index in [0.717, 1.165) is 55.1 Å². The van der Waals surface area contributed by atoms with Gasteiger partial charge in [0.2, 0.25) is 0 Å². The predicted octanol–water partition coefficient (Wildman–Crippen LogP) is 3.85. The van der Waals surface area contributed by atoms with Crippen LogP contribution in [0, 0.1) is 0 Å². The lowest BCUT2D eigenvalue weighted by molar-refractivity contribution is 0.0952. The summed E-state index contributed by atoms with van der Waals surface area (Å²) in [6.07, 6.45) is 3.79. The summed E-state index contributed by atoms with van der Waals surface area (Å²) < 4.78 is 7.54. The number of anilines is 1. The Kier molecular flexibility index (Phi) is 5.85. The maximum absolute atomic E-state index is 13.0. The van der Waals surface area contributed by atoms with Crippen molar-refractivity contribution in [3.05, 3.63) is 95.8 Å². The van der Waals surface area contributed by atoms with Gasteiger partial charge in [-0.05, 0) is 23.3 Å². The minimum absolute atomic E-state index is 0.0785. The van der Waals surface area contributed by atoms with Gasteiger partial charge in [0.15, 0.2) is 0 Å². The molecule has 162 valence electrons. The molecule has 0 radical (unpaired) electrons. The Morgan fingerprint density at radius 2 is 1.72 bits per heavy atom. The van der Waals surface area contributed by atoms with Crippen LogP contribution in [0.1, 0.15) is 21.5 Å². The Labute approximate surface area is 187 Å². The first-order valence-corrected chi connectivity index (χ1v) is 11.0. The Morgan fingerprint density at radius 3 is 2.50 bits per heavy atom. The van der Waals surface area contributed by atoms with Crippen LogP contribution in [0.5, 0.6) is 0 Å². The van der Waals surface area contributed by atoms with E-state index < -0.39 is 0 Å². The largest absolute Gasteiger partial charge is 0.378 e.